The maximum absolute atomic E-state index is 12.1. The number of aliphatic hydroxyl groups excluding tert-OH is 1. The van der Waals surface area contributed by atoms with Gasteiger partial charge in [-0.15, -0.1) is 0 Å². The largest absolute Gasteiger partial charge is 0.444 e. The normalized spacial score (nSPS) is 10.3. The van der Waals surface area contributed by atoms with Crippen molar-refractivity contribution < 1.29 is 19.6 Å². The number of nitrogens with zero attached hydrogens (tertiary/aromatic N) is 5. The van der Waals surface area contributed by atoms with Crippen molar-refractivity contribution in [2.75, 3.05) is 6.73 Å². The fourth-order valence-electron chi connectivity index (χ4n) is 2.08. The van der Waals surface area contributed by atoms with Crippen LogP contribution < -0.4 is 10.1 Å². The Balaban J connectivity index is 2.04. The van der Waals surface area contributed by atoms with Crippen LogP contribution in [0.25, 0.3) is 5.69 Å². The van der Waals surface area contributed by atoms with Gasteiger partial charge in [-0.25, -0.2) is 4.68 Å². The molecule has 0 fully saturated rings. The number of aliphatic hydroxyl groups is 1. The summed E-state index contributed by atoms with van der Waals surface area (Å²) in [7, 11) is 0. The van der Waals surface area contributed by atoms with Crippen LogP contribution >= 0.6 is 0 Å². The number of hydrogen-bond acceptors (Lipinski definition) is 8. The van der Waals surface area contributed by atoms with Gasteiger partial charge in [0.25, 0.3) is 5.91 Å². The highest BCUT2D eigenvalue weighted by Crippen LogP contribution is 2.31. The topological polar surface area (TPSA) is 145 Å². The van der Waals surface area contributed by atoms with Crippen LogP contribution in [-0.4, -0.2) is 42.4 Å². The first-order chi connectivity index (χ1) is 12.6. The van der Waals surface area contributed by atoms with E-state index < -0.39 is 23.4 Å². The third kappa shape index (κ3) is 3.47. The Hall–Kier alpha value is -3.86. The first-order valence-corrected chi connectivity index (χ1v) is 7.26. The lowest BCUT2D eigenvalue weighted by Gasteiger charge is -2.05. The number of nitro groups is 1. The first kappa shape index (κ1) is 17.0. The smallest absolute Gasteiger partial charge is 0.406 e. The SMILES string of the molecule is O=C(NCO)c1nn(-c2cccnc2)cc1Oc1cccnc1[N+](=O)[O-]. The minimum atomic E-state index is -0.711. The van der Waals surface area contributed by atoms with E-state index in [1.807, 2.05) is 0 Å². The quantitative estimate of drug-likeness (QED) is 0.378. The van der Waals surface area contributed by atoms with Gasteiger partial charge in [-0.3, -0.25) is 9.78 Å². The molecule has 0 spiro atoms. The van der Waals surface area contributed by atoms with Crippen molar-refractivity contribution in [2.24, 2.45) is 0 Å². The summed E-state index contributed by atoms with van der Waals surface area (Å²) in [6.45, 7) is -0.606. The number of amides is 1. The summed E-state index contributed by atoms with van der Waals surface area (Å²) >= 11 is 0. The van der Waals surface area contributed by atoms with Crippen molar-refractivity contribution in [3.8, 4) is 17.2 Å². The maximum atomic E-state index is 12.1. The summed E-state index contributed by atoms with van der Waals surface area (Å²) in [6.07, 6.45) is 5.71. The highest BCUT2D eigenvalue weighted by Gasteiger charge is 2.23. The summed E-state index contributed by atoms with van der Waals surface area (Å²) in [5.41, 5.74) is 0.377. The second-order valence-electron chi connectivity index (χ2n) is 4.85. The van der Waals surface area contributed by atoms with Gasteiger partial charge in [0.05, 0.1) is 18.1 Å². The van der Waals surface area contributed by atoms with Gasteiger partial charge in [-0.05, 0) is 34.2 Å². The second-order valence-corrected chi connectivity index (χ2v) is 4.85. The van der Waals surface area contributed by atoms with E-state index in [2.05, 4.69) is 20.4 Å². The van der Waals surface area contributed by atoms with Crippen LogP contribution in [0.15, 0.2) is 49.1 Å². The Morgan fingerprint density at radius 1 is 1.31 bits per heavy atom. The van der Waals surface area contributed by atoms with Crippen molar-refractivity contribution in [3.63, 3.8) is 0 Å². The molecule has 0 bridgehead atoms. The van der Waals surface area contributed by atoms with Crippen LogP contribution in [0.2, 0.25) is 0 Å². The first-order valence-electron chi connectivity index (χ1n) is 7.26. The molecule has 3 heterocycles. The van der Waals surface area contributed by atoms with Gasteiger partial charge >= 0.3 is 5.82 Å². The molecule has 0 saturated carbocycles. The summed E-state index contributed by atoms with van der Waals surface area (Å²) in [5, 5.41) is 26.3. The molecule has 0 radical (unpaired) electrons. The molecule has 0 saturated heterocycles. The molecule has 26 heavy (non-hydrogen) atoms. The summed E-state index contributed by atoms with van der Waals surface area (Å²) < 4.78 is 6.85. The average molecular weight is 356 g/mol. The van der Waals surface area contributed by atoms with Crippen molar-refractivity contribution in [3.05, 3.63) is 64.9 Å². The Morgan fingerprint density at radius 3 is 2.81 bits per heavy atom. The molecule has 0 aliphatic heterocycles. The Morgan fingerprint density at radius 2 is 2.12 bits per heavy atom. The number of pyridine rings is 2. The zero-order valence-electron chi connectivity index (χ0n) is 13.1. The van der Waals surface area contributed by atoms with E-state index in [9.17, 15) is 14.9 Å². The molecule has 0 aliphatic rings. The van der Waals surface area contributed by atoms with Gasteiger partial charge in [0.15, 0.2) is 11.4 Å². The monoisotopic (exact) mass is 356 g/mol. The Bertz CT molecular complexity index is 943. The predicted octanol–water partition coefficient (Wildman–Crippen LogP) is 1.04. The molecule has 0 aromatic carbocycles. The zero-order valence-corrected chi connectivity index (χ0v) is 13.1. The maximum Gasteiger partial charge on any atom is 0.406 e. The molecular weight excluding hydrogens is 344 g/mol. The molecule has 132 valence electrons. The van der Waals surface area contributed by atoms with E-state index in [4.69, 9.17) is 9.84 Å². The Labute approximate surface area is 146 Å². The number of carbonyl (C=O) groups excluding carboxylic acids is 1. The van der Waals surface area contributed by atoms with Crippen molar-refractivity contribution in [1.82, 2.24) is 25.1 Å². The summed E-state index contributed by atoms with van der Waals surface area (Å²) in [6, 6.07) is 6.18. The predicted molar refractivity (Wildman–Crippen MR) is 86.9 cm³/mol. The zero-order chi connectivity index (χ0) is 18.5. The molecule has 11 nitrogen and oxygen atoms in total. The Kier molecular flexibility index (Phi) is 4.80. The molecule has 0 atom stereocenters. The minimum Gasteiger partial charge on any atom is -0.444 e. The number of aromatic nitrogens is 4. The third-order valence-electron chi connectivity index (χ3n) is 3.19. The number of ether oxygens (including phenoxy) is 1. The van der Waals surface area contributed by atoms with Crippen LogP contribution in [0.1, 0.15) is 10.5 Å². The lowest BCUT2D eigenvalue weighted by Crippen LogP contribution is -2.25. The van der Waals surface area contributed by atoms with Crippen LogP contribution in [-0.2, 0) is 0 Å². The van der Waals surface area contributed by atoms with Crippen molar-refractivity contribution >= 4 is 11.7 Å². The van der Waals surface area contributed by atoms with Gasteiger partial charge in [0.2, 0.25) is 5.75 Å². The fourth-order valence-corrected chi connectivity index (χ4v) is 2.08. The van der Waals surface area contributed by atoms with E-state index in [0.29, 0.717) is 5.69 Å². The third-order valence-corrected chi connectivity index (χ3v) is 3.19. The van der Waals surface area contributed by atoms with Crippen molar-refractivity contribution in [2.45, 2.75) is 0 Å². The van der Waals surface area contributed by atoms with E-state index in [1.165, 1.54) is 35.4 Å². The molecule has 0 unspecified atom stereocenters. The standard InChI is InChI=1S/C15H12N6O5/c22-9-18-15(23)13-12(8-20(19-13)10-3-1-5-16-7-10)26-11-4-2-6-17-14(11)21(24)25/h1-8,22H,9H2,(H,18,23). The highest BCUT2D eigenvalue weighted by molar-refractivity contribution is 5.95. The van der Waals surface area contributed by atoms with Gasteiger partial charge in [-0.1, -0.05) is 0 Å². The van der Waals surface area contributed by atoms with Gasteiger partial charge < -0.3 is 25.3 Å². The van der Waals surface area contributed by atoms with Crippen LogP contribution in [0, 0.1) is 10.1 Å². The molecule has 3 rings (SSSR count). The van der Waals surface area contributed by atoms with E-state index in [-0.39, 0.29) is 17.2 Å². The fraction of sp³-hybridized carbons (Fsp3) is 0.0667. The van der Waals surface area contributed by atoms with Crippen LogP contribution in [0.5, 0.6) is 11.5 Å². The number of rotatable bonds is 6. The molecule has 0 aliphatic carbocycles. The average Bonchev–Trinajstić information content (AvgIpc) is 3.07. The van der Waals surface area contributed by atoms with Gasteiger partial charge in [-0.2, -0.15) is 5.10 Å². The van der Waals surface area contributed by atoms with Crippen LogP contribution in [0.4, 0.5) is 5.82 Å². The lowest BCUT2D eigenvalue weighted by atomic mass is 10.3. The summed E-state index contributed by atoms with van der Waals surface area (Å²) in [5.74, 6) is -1.41. The van der Waals surface area contributed by atoms with E-state index in [1.54, 1.807) is 18.3 Å². The van der Waals surface area contributed by atoms with Gasteiger partial charge in [0.1, 0.15) is 12.9 Å². The molecule has 11 heteroatoms. The lowest BCUT2D eigenvalue weighted by molar-refractivity contribution is -0.390. The molecule has 1 amide bonds. The number of nitrogens with one attached hydrogen (secondary N) is 1. The van der Waals surface area contributed by atoms with E-state index >= 15 is 0 Å². The highest BCUT2D eigenvalue weighted by atomic mass is 16.6. The molecule has 3 aromatic heterocycles. The van der Waals surface area contributed by atoms with Crippen LogP contribution in [0.3, 0.4) is 0 Å². The van der Waals surface area contributed by atoms with E-state index in [0.717, 1.165) is 0 Å². The second kappa shape index (κ2) is 7.36. The van der Waals surface area contributed by atoms with Gasteiger partial charge in [0, 0.05) is 6.20 Å². The number of hydrogen-bond donors (Lipinski definition) is 2. The van der Waals surface area contributed by atoms with Crippen molar-refractivity contribution in [1.29, 1.82) is 0 Å². The molecule has 2 N–H and O–H groups in total. The minimum absolute atomic E-state index is 0.0455. The summed E-state index contributed by atoms with van der Waals surface area (Å²) in [4.78, 5) is 30.1. The molecule has 3 aromatic rings. The number of carbonyl (C=O) groups is 1. The molecular formula is C15H12N6O5.